The standard InChI is InChI=1S/C13H18N4O3/c1-8(14-2)13(19)17-6-5-10-9(7-17)3-4-11(15-10)12(18)16-20/h3-4,8,14,20H,5-7H2,1-2H3,(H,16,18)/t8-/m1/s1. The van der Waals surface area contributed by atoms with Crippen LogP contribution in [0, 0.1) is 0 Å². The summed E-state index contributed by atoms with van der Waals surface area (Å²) >= 11 is 0. The van der Waals surface area contributed by atoms with Crippen molar-refractivity contribution in [3.05, 3.63) is 29.1 Å². The van der Waals surface area contributed by atoms with Gasteiger partial charge in [-0.1, -0.05) is 6.07 Å². The number of nitrogens with zero attached hydrogens (tertiary/aromatic N) is 2. The van der Waals surface area contributed by atoms with Crippen LogP contribution in [-0.2, 0) is 17.8 Å². The summed E-state index contributed by atoms with van der Waals surface area (Å²) in [7, 11) is 1.75. The van der Waals surface area contributed by atoms with Gasteiger partial charge in [-0.2, -0.15) is 0 Å². The summed E-state index contributed by atoms with van der Waals surface area (Å²) in [6, 6.07) is 3.10. The minimum atomic E-state index is -0.630. The van der Waals surface area contributed by atoms with Crippen molar-refractivity contribution in [2.45, 2.75) is 25.9 Å². The quantitative estimate of drug-likeness (QED) is 0.521. The summed E-state index contributed by atoms with van der Waals surface area (Å²) in [6.45, 7) is 2.90. The lowest BCUT2D eigenvalue weighted by atomic mass is 10.0. The number of nitrogens with one attached hydrogen (secondary N) is 2. The molecule has 0 fully saturated rings. The molecule has 0 radical (unpaired) electrons. The maximum absolute atomic E-state index is 12.1. The summed E-state index contributed by atoms with van der Waals surface area (Å²) in [5.41, 5.74) is 3.47. The van der Waals surface area contributed by atoms with Crippen molar-refractivity contribution in [3.8, 4) is 0 Å². The first kappa shape index (κ1) is 14.4. The zero-order valence-corrected chi connectivity index (χ0v) is 11.5. The van der Waals surface area contributed by atoms with Crippen molar-refractivity contribution in [1.82, 2.24) is 20.7 Å². The van der Waals surface area contributed by atoms with E-state index >= 15 is 0 Å². The highest BCUT2D eigenvalue weighted by atomic mass is 16.5. The molecule has 0 unspecified atom stereocenters. The number of fused-ring (bicyclic) bond motifs is 1. The zero-order valence-electron chi connectivity index (χ0n) is 11.5. The number of hydrogen-bond acceptors (Lipinski definition) is 5. The smallest absolute Gasteiger partial charge is 0.293 e. The average molecular weight is 278 g/mol. The molecule has 1 atom stereocenters. The Morgan fingerprint density at radius 1 is 1.45 bits per heavy atom. The van der Waals surface area contributed by atoms with E-state index in [1.165, 1.54) is 0 Å². The molecule has 1 aromatic heterocycles. The Morgan fingerprint density at radius 3 is 2.85 bits per heavy atom. The number of carbonyl (C=O) groups excluding carboxylic acids is 2. The number of likely N-dealkylation sites (N-methyl/N-ethyl adjacent to an activating group) is 1. The van der Waals surface area contributed by atoms with Crippen molar-refractivity contribution in [3.63, 3.8) is 0 Å². The van der Waals surface area contributed by atoms with Crippen LogP contribution in [0.25, 0.3) is 0 Å². The average Bonchev–Trinajstić information content (AvgIpc) is 2.51. The van der Waals surface area contributed by atoms with Crippen molar-refractivity contribution in [1.29, 1.82) is 0 Å². The van der Waals surface area contributed by atoms with Gasteiger partial charge in [0.15, 0.2) is 0 Å². The summed E-state index contributed by atoms with van der Waals surface area (Å²) in [5, 5.41) is 11.5. The van der Waals surface area contributed by atoms with Crippen LogP contribution in [0.15, 0.2) is 12.1 Å². The molecular weight excluding hydrogens is 260 g/mol. The molecule has 7 heteroatoms. The zero-order chi connectivity index (χ0) is 14.7. The Hall–Kier alpha value is -1.99. The number of aromatic nitrogens is 1. The molecule has 2 rings (SSSR count). The molecule has 108 valence electrons. The first-order chi connectivity index (χ1) is 9.56. The third-order valence-electron chi connectivity index (χ3n) is 3.50. The Labute approximate surface area is 116 Å². The molecule has 0 spiro atoms. The summed E-state index contributed by atoms with van der Waals surface area (Å²) in [5.74, 6) is -0.578. The van der Waals surface area contributed by atoms with Gasteiger partial charge in [0.25, 0.3) is 5.91 Å². The monoisotopic (exact) mass is 278 g/mol. The molecule has 0 aromatic carbocycles. The summed E-state index contributed by atoms with van der Waals surface area (Å²) in [4.78, 5) is 29.4. The lowest BCUT2D eigenvalue weighted by molar-refractivity contribution is -0.133. The van der Waals surface area contributed by atoms with Gasteiger partial charge in [0.05, 0.1) is 6.04 Å². The van der Waals surface area contributed by atoms with E-state index in [0.29, 0.717) is 19.5 Å². The second kappa shape index (κ2) is 5.98. The van der Waals surface area contributed by atoms with Gasteiger partial charge < -0.3 is 10.2 Å². The molecule has 3 N–H and O–H groups in total. The molecule has 0 saturated carbocycles. The van der Waals surface area contributed by atoms with E-state index in [-0.39, 0.29) is 17.6 Å². The molecule has 2 heterocycles. The van der Waals surface area contributed by atoms with Gasteiger partial charge in [-0.05, 0) is 25.6 Å². The molecule has 2 amide bonds. The highest BCUT2D eigenvalue weighted by Gasteiger charge is 2.25. The van der Waals surface area contributed by atoms with Gasteiger partial charge in [0.1, 0.15) is 5.69 Å². The fraction of sp³-hybridized carbons (Fsp3) is 0.462. The number of carbonyl (C=O) groups is 2. The minimum absolute atomic E-state index is 0.0512. The lowest BCUT2D eigenvalue weighted by Gasteiger charge is -2.30. The summed E-state index contributed by atoms with van der Waals surface area (Å²) in [6.07, 6.45) is 0.601. The Bertz CT molecular complexity index is 532. The third-order valence-corrected chi connectivity index (χ3v) is 3.50. The van der Waals surface area contributed by atoms with Gasteiger partial charge in [0, 0.05) is 25.2 Å². The molecule has 0 bridgehead atoms. The number of amides is 2. The second-order valence-corrected chi connectivity index (χ2v) is 4.76. The molecular formula is C13H18N4O3. The molecule has 1 aromatic rings. The van der Waals surface area contributed by atoms with Crippen molar-refractivity contribution >= 4 is 11.8 Å². The highest BCUT2D eigenvalue weighted by Crippen LogP contribution is 2.18. The summed E-state index contributed by atoms with van der Waals surface area (Å²) < 4.78 is 0. The Balaban J connectivity index is 2.16. The first-order valence-corrected chi connectivity index (χ1v) is 6.46. The van der Waals surface area contributed by atoms with Crippen molar-refractivity contribution in [2.75, 3.05) is 13.6 Å². The normalized spacial score (nSPS) is 15.4. The van der Waals surface area contributed by atoms with Crippen molar-refractivity contribution in [2.24, 2.45) is 0 Å². The predicted octanol–water partition coefficient (Wildman–Crippen LogP) is -0.307. The van der Waals surface area contributed by atoms with E-state index in [9.17, 15) is 9.59 Å². The van der Waals surface area contributed by atoms with E-state index in [4.69, 9.17) is 5.21 Å². The van der Waals surface area contributed by atoms with E-state index in [0.717, 1.165) is 11.3 Å². The first-order valence-electron chi connectivity index (χ1n) is 6.46. The SMILES string of the molecule is CN[C@H](C)C(=O)N1CCc2nc(C(=O)NO)ccc2C1. The maximum Gasteiger partial charge on any atom is 0.293 e. The number of hydroxylamine groups is 1. The van der Waals surface area contributed by atoms with Gasteiger partial charge in [-0.3, -0.25) is 14.8 Å². The topological polar surface area (TPSA) is 94.6 Å². The van der Waals surface area contributed by atoms with Crippen LogP contribution in [0.1, 0.15) is 28.7 Å². The van der Waals surface area contributed by atoms with Gasteiger partial charge in [-0.25, -0.2) is 10.5 Å². The van der Waals surface area contributed by atoms with E-state index in [2.05, 4.69) is 10.3 Å². The molecule has 1 aliphatic rings. The third kappa shape index (κ3) is 2.78. The van der Waals surface area contributed by atoms with E-state index < -0.39 is 5.91 Å². The van der Waals surface area contributed by atoms with Gasteiger partial charge >= 0.3 is 0 Å². The molecule has 1 aliphatic heterocycles. The second-order valence-electron chi connectivity index (χ2n) is 4.76. The minimum Gasteiger partial charge on any atom is -0.337 e. The van der Waals surface area contributed by atoms with Crippen molar-refractivity contribution < 1.29 is 14.8 Å². The van der Waals surface area contributed by atoms with Crippen LogP contribution < -0.4 is 10.8 Å². The fourth-order valence-corrected chi connectivity index (χ4v) is 2.19. The molecule has 0 aliphatic carbocycles. The molecule has 7 nitrogen and oxygen atoms in total. The largest absolute Gasteiger partial charge is 0.337 e. The number of pyridine rings is 1. The van der Waals surface area contributed by atoms with Gasteiger partial charge in [-0.15, -0.1) is 0 Å². The predicted molar refractivity (Wildman–Crippen MR) is 71.1 cm³/mol. The van der Waals surface area contributed by atoms with Crippen LogP contribution in [-0.4, -0.2) is 46.5 Å². The number of hydrogen-bond donors (Lipinski definition) is 3. The van der Waals surface area contributed by atoms with Crippen LogP contribution in [0.5, 0.6) is 0 Å². The highest BCUT2D eigenvalue weighted by molar-refractivity contribution is 5.91. The molecule has 20 heavy (non-hydrogen) atoms. The van der Waals surface area contributed by atoms with Gasteiger partial charge in [0.2, 0.25) is 5.91 Å². The van der Waals surface area contributed by atoms with Crippen LogP contribution >= 0.6 is 0 Å². The Kier molecular flexibility index (Phi) is 4.31. The van der Waals surface area contributed by atoms with Crippen LogP contribution in [0.4, 0.5) is 0 Å². The number of rotatable bonds is 3. The van der Waals surface area contributed by atoms with Crippen LogP contribution in [0.3, 0.4) is 0 Å². The fourth-order valence-electron chi connectivity index (χ4n) is 2.19. The van der Waals surface area contributed by atoms with E-state index in [1.807, 2.05) is 6.92 Å². The maximum atomic E-state index is 12.1. The molecule has 0 saturated heterocycles. The Morgan fingerprint density at radius 2 is 2.20 bits per heavy atom. The lowest BCUT2D eigenvalue weighted by Crippen LogP contribution is -2.45. The van der Waals surface area contributed by atoms with Crippen LogP contribution in [0.2, 0.25) is 0 Å². The van der Waals surface area contributed by atoms with E-state index in [1.54, 1.807) is 29.6 Å².